The molecule has 3 unspecified atom stereocenters. The fourth-order valence-electron chi connectivity index (χ4n) is 4.09. The van der Waals surface area contributed by atoms with E-state index in [4.69, 9.17) is 11.6 Å². The number of nitrogens with one attached hydrogen (secondary N) is 3. The lowest BCUT2D eigenvalue weighted by Crippen LogP contribution is -2.56. The van der Waals surface area contributed by atoms with Crippen molar-refractivity contribution in [2.24, 2.45) is 5.92 Å². The minimum atomic E-state index is -0.192. The van der Waals surface area contributed by atoms with Crippen LogP contribution in [-0.2, 0) is 4.79 Å². The van der Waals surface area contributed by atoms with Gasteiger partial charge in [0.2, 0.25) is 5.91 Å². The van der Waals surface area contributed by atoms with E-state index >= 15 is 0 Å². The third kappa shape index (κ3) is 4.22. The van der Waals surface area contributed by atoms with Crippen molar-refractivity contribution in [2.75, 3.05) is 39.3 Å². The molecule has 0 aliphatic carbocycles. The van der Waals surface area contributed by atoms with Gasteiger partial charge in [-0.1, -0.05) is 17.7 Å². The van der Waals surface area contributed by atoms with Crippen molar-refractivity contribution in [1.82, 2.24) is 26.0 Å². The first kappa shape index (κ1) is 20.4. The number of hydrogen-bond donors (Lipinski definition) is 3. The van der Waals surface area contributed by atoms with Crippen LogP contribution in [0.1, 0.15) is 16.8 Å². The van der Waals surface area contributed by atoms with Crippen molar-refractivity contribution in [3.8, 4) is 0 Å². The molecule has 3 aliphatic rings. The first-order valence-corrected chi connectivity index (χ1v) is 9.56. The maximum Gasteiger partial charge on any atom is 0.254 e. The Morgan fingerprint density at radius 2 is 1.81 bits per heavy atom. The van der Waals surface area contributed by atoms with Crippen LogP contribution in [0.4, 0.5) is 0 Å². The van der Waals surface area contributed by atoms with Crippen molar-refractivity contribution in [3.63, 3.8) is 0 Å². The lowest BCUT2D eigenvalue weighted by atomic mass is 9.89. The number of carbonyl (C=O) groups excluding carboxylic acids is 2. The Kier molecular flexibility index (Phi) is 6.60. The summed E-state index contributed by atoms with van der Waals surface area (Å²) >= 11 is 5.98. The van der Waals surface area contributed by atoms with Crippen molar-refractivity contribution < 1.29 is 9.59 Å². The Morgan fingerprint density at radius 3 is 2.56 bits per heavy atom. The van der Waals surface area contributed by atoms with Crippen LogP contribution >= 0.6 is 24.0 Å². The summed E-state index contributed by atoms with van der Waals surface area (Å²) in [6.07, 6.45) is 1.03. The van der Waals surface area contributed by atoms with Gasteiger partial charge in [-0.2, -0.15) is 0 Å². The maximum atomic E-state index is 12.9. The number of rotatable bonds is 2. The molecule has 3 aliphatic heterocycles. The molecule has 9 heteroatoms. The lowest BCUT2D eigenvalue weighted by Gasteiger charge is -2.37. The Morgan fingerprint density at radius 1 is 1.07 bits per heavy atom. The highest BCUT2D eigenvalue weighted by Gasteiger charge is 2.43. The summed E-state index contributed by atoms with van der Waals surface area (Å²) in [5, 5.41) is 3.93. The Labute approximate surface area is 170 Å². The van der Waals surface area contributed by atoms with E-state index in [0.29, 0.717) is 42.8 Å². The molecule has 0 bridgehead atoms. The second-order valence-electron chi connectivity index (χ2n) is 7.16. The highest BCUT2D eigenvalue weighted by molar-refractivity contribution is 6.30. The van der Waals surface area contributed by atoms with Crippen LogP contribution in [0, 0.1) is 5.92 Å². The van der Waals surface area contributed by atoms with E-state index in [1.54, 1.807) is 29.2 Å². The monoisotopic (exact) mass is 413 g/mol. The van der Waals surface area contributed by atoms with Crippen molar-refractivity contribution in [2.45, 2.75) is 18.5 Å². The van der Waals surface area contributed by atoms with Crippen LogP contribution in [0.5, 0.6) is 0 Å². The predicted octanol–water partition coefficient (Wildman–Crippen LogP) is 0.501. The van der Waals surface area contributed by atoms with E-state index in [2.05, 4.69) is 16.2 Å². The maximum absolute atomic E-state index is 12.9. The van der Waals surface area contributed by atoms with Crippen LogP contribution in [-0.4, -0.2) is 73.0 Å². The smallest absolute Gasteiger partial charge is 0.254 e. The molecule has 0 radical (unpaired) electrons. The molecule has 3 N–H and O–H groups in total. The summed E-state index contributed by atoms with van der Waals surface area (Å²) in [4.78, 5) is 29.2. The summed E-state index contributed by atoms with van der Waals surface area (Å²) in [6.45, 7) is 4.06. The molecule has 1 aromatic rings. The number of hydrogen-bond acceptors (Lipinski definition) is 5. The summed E-state index contributed by atoms with van der Waals surface area (Å²) in [7, 11) is 0. The molecule has 3 fully saturated rings. The normalized spacial score (nSPS) is 27.7. The average molecular weight is 414 g/mol. The topological polar surface area (TPSA) is 76.7 Å². The van der Waals surface area contributed by atoms with Gasteiger partial charge in [-0.05, 0) is 31.2 Å². The molecule has 0 saturated carbocycles. The van der Waals surface area contributed by atoms with Gasteiger partial charge in [0.25, 0.3) is 5.91 Å². The molecule has 3 atom stereocenters. The van der Waals surface area contributed by atoms with E-state index in [1.807, 2.05) is 4.90 Å². The third-order valence-corrected chi connectivity index (χ3v) is 5.83. The Balaban J connectivity index is 0.00000210. The third-order valence-electron chi connectivity index (χ3n) is 5.60. The summed E-state index contributed by atoms with van der Waals surface area (Å²) in [5.41, 5.74) is 7.05. The molecule has 7 nitrogen and oxygen atoms in total. The van der Waals surface area contributed by atoms with E-state index in [9.17, 15) is 9.59 Å². The van der Waals surface area contributed by atoms with Crippen molar-refractivity contribution in [1.29, 1.82) is 0 Å². The number of halogens is 2. The van der Waals surface area contributed by atoms with Gasteiger partial charge in [-0.25, -0.2) is 5.43 Å². The zero-order valence-electron chi connectivity index (χ0n) is 15.0. The van der Waals surface area contributed by atoms with Gasteiger partial charge in [0, 0.05) is 55.3 Å². The molecule has 1 aromatic carbocycles. The van der Waals surface area contributed by atoms with E-state index in [-0.39, 0.29) is 36.2 Å². The van der Waals surface area contributed by atoms with Crippen LogP contribution in [0.2, 0.25) is 5.02 Å². The van der Waals surface area contributed by atoms with Gasteiger partial charge < -0.3 is 15.1 Å². The van der Waals surface area contributed by atoms with Crippen molar-refractivity contribution >= 4 is 35.8 Å². The molecule has 3 saturated heterocycles. The number of piperidine rings is 1. The lowest BCUT2D eigenvalue weighted by molar-refractivity contribution is -0.135. The second kappa shape index (κ2) is 8.75. The van der Waals surface area contributed by atoms with E-state index < -0.39 is 0 Å². The average Bonchev–Trinajstić information content (AvgIpc) is 3.11. The zero-order valence-corrected chi connectivity index (χ0v) is 16.6. The number of piperazine rings is 1. The highest BCUT2D eigenvalue weighted by Crippen LogP contribution is 2.22. The number of carbonyl (C=O) groups is 2. The SMILES string of the molecule is Cl.O=C(c1cccc(Cl)c1)N1CCN(C(=O)C2NNC3CCNCC32)CC1. The quantitative estimate of drug-likeness (QED) is 0.657. The van der Waals surface area contributed by atoms with Gasteiger partial charge in [0.05, 0.1) is 0 Å². The number of hydrazine groups is 1. The molecule has 148 valence electrons. The predicted molar refractivity (Wildman–Crippen MR) is 106 cm³/mol. The summed E-state index contributed by atoms with van der Waals surface area (Å²) in [6, 6.07) is 7.16. The highest BCUT2D eigenvalue weighted by atomic mass is 35.5. The minimum absolute atomic E-state index is 0. The van der Waals surface area contributed by atoms with Crippen LogP contribution in [0.25, 0.3) is 0 Å². The fourth-order valence-corrected chi connectivity index (χ4v) is 4.28. The van der Waals surface area contributed by atoms with E-state index in [1.165, 1.54) is 0 Å². The second-order valence-corrected chi connectivity index (χ2v) is 7.59. The number of benzene rings is 1. The molecule has 0 aromatic heterocycles. The largest absolute Gasteiger partial charge is 0.338 e. The Hall–Kier alpha value is -1.38. The van der Waals surface area contributed by atoms with Crippen LogP contribution in [0.3, 0.4) is 0 Å². The molecule has 2 amide bonds. The molecule has 27 heavy (non-hydrogen) atoms. The van der Waals surface area contributed by atoms with Crippen LogP contribution in [0.15, 0.2) is 24.3 Å². The molecular formula is C18H25Cl2N5O2. The van der Waals surface area contributed by atoms with Crippen molar-refractivity contribution in [3.05, 3.63) is 34.9 Å². The van der Waals surface area contributed by atoms with Gasteiger partial charge >= 0.3 is 0 Å². The number of fused-ring (bicyclic) bond motifs is 1. The van der Waals surface area contributed by atoms with Crippen LogP contribution < -0.4 is 16.2 Å². The van der Waals surface area contributed by atoms with Gasteiger partial charge in [-0.3, -0.25) is 15.0 Å². The van der Waals surface area contributed by atoms with Gasteiger partial charge in [0.15, 0.2) is 0 Å². The molecular weight excluding hydrogens is 389 g/mol. The summed E-state index contributed by atoms with van der Waals surface area (Å²) in [5.74, 6) is 0.378. The molecule has 4 rings (SSSR count). The van der Waals surface area contributed by atoms with Gasteiger partial charge in [-0.15, -0.1) is 12.4 Å². The number of nitrogens with zero attached hydrogens (tertiary/aromatic N) is 2. The van der Waals surface area contributed by atoms with Gasteiger partial charge in [0.1, 0.15) is 6.04 Å². The summed E-state index contributed by atoms with van der Waals surface area (Å²) < 4.78 is 0. The number of amides is 2. The first-order valence-electron chi connectivity index (χ1n) is 9.19. The molecule has 3 heterocycles. The Bertz CT molecular complexity index is 696. The fraction of sp³-hybridized carbons (Fsp3) is 0.556. The standard InChI is InChI=1S/C18H24ClN5O2.ClH/c19-13-3-1-2-12(10-13)17(25)23-6-8-24(9-7-23)18(26)16-14-11-20-5-4-15(14)21-22-16;/h1-3,10,14-16,20-22H,4-9,11H2;1H. The molecule has 0 spiro atoms. The zero-order chi connectivity index (χ0) is 18.1. The first-order chi connectivity index (χ1) is 12.6. The van der Waals surface area contributed by atoms with E-state index in [0.717, 1.165) is 19.5 Å². The minimum Gasteiger partial charge on any atom is -0.338 e.